The number of aliphatic hydroxyl groups excluding tert-OH is 1. The summed E-state index contributed by atoms with van der Waals surface area (Å²) in [6.07, 6.45) is 6.98. The molecule has 1 aliphatic rings. The molecule has 0 aromatic heterocycles. The van der Waals surface area contributed by atoms with Crippen LogP contribution in [0.2, 0.25) is 0 Å². The van der Waals surface area contributed by atoms with E-state index in [2.05, 4.69) is 0 Å². The van der Waals surface area contributed by atoms with Crippen molar-refractivity contribution in [3.8, 4) is 5.75 Å². The summed E-state index contributed by atoms with van der Waals surface area (Å²) in [6, 6.07) is 7.89. The molecule has 2 nitrogen and oxygen atoms in total. The Hall–Kier alpha value is -1.02. The SMILES string of the molecule is CCC(O)c1cccc(OC2CCCCC2)c1. The van der Waals surface area contributed by atoms with Crippen LogP contribution >= 0.6 is 0 Å². The predicted molar refractivity (Wildman–Crippen MR) is 69.2 cm³/mol. The van der Waals surface area contributed by atoms with Gasteiger partial charge in [-0.25, -0.2) is 0 Å². The van der Waals surface area contributed by atoms with Gasteiger partial charge in [0.25, 0.3) is 0 Å². The Bertz CT molecular complexity index is 343. The first-order valence-corrected chi connectivity index (χ1v) is 6.74. The Morgan fingerprint density at radius 1 is 1.29 bits per heavy atom. The van der Waals surface area contributed by atoms with Gasteiger partial charge in [0.05, 0.1) is 12.2 Å². The van der Waals surface area contributed by atoms with E-state index in [1.165, 1.54) is 32.1 Å². The minimum atomic E-state index is -0.370. The normalized spacial score (nSPS) is 18.9. The van der Waals surface area contributed by atoms with Gasteiger partial charge < -0.3 is 9.84 Å². The van der Waals surface area contributed by atoms with Gasteiger partial charge in [-0.1, -0.05) is 25.5 Å². The lowest BCUT2D eigenvalue weighted by Gasteiger charge is -2.23. The van der Waals surface area contributed by atoms with Crippen LogP contribution in [0.15, 0.2) is 24.3 Å². The summed E-state index contributed by atoms with van der Waals surface area (Å²) >= 11 is 0. The van der Waals surface area contributed by atoms with Gasteiger partial charge in [-0.15, -0.1) is 0 Å². The molecule has 0 saturated heterocycles. The molecule has 0 bridgehead atoms. The van der Waals surface area contributed by atoms with E-state index in [0.717, 1.165) is 17.7 Å². The van der Waals surface area contributed by atoms with Crippen LogP contribution in [-0.2, 0) is 0 Å². The third-order valence-corrected chi connectivity index (χ3v) is 3.48. The zero-order valence-corrected chi connectivity index (χ0v) is 10.6. The fourth-order valence-electron chi connectivity index (χ4n) is 2.41. The summed E-state index contributed by atoms with van der Waals surface area (Å²) in [4.78, 5) is 0. The van der Waals surface area contributed by atoms with E-state index in [1.807, 2.05) is 31.2 Å². The largest absolute Gasteiger partial charge is 0.490 e. The highest BCUT2D eigenvalue weighted by Gasteiger charge is 2.15. The molecule has 1 aromatic carbocycles. The quantitative estimate of drug-likeness (QED) is 0.857. The summed E-state index contributed by atoms with van der Waals surface area (Å²) in [7, 11) is 0. The number of hydrogen-bond donors (Lipinski definition) is 1. The summed E-state index contributed by atoms with van der Waals surface area (Å²) in [5.41, 5.74) is 0.959. The van der Waals surface area contributed by atoms with Gasteiger partial charge >= 0.3 is 0 Å². The lowest BCUT2D eigenvalue weighted by molar-refractivity contribution is 0.152. The summed E-state index contributed by atoms with van der Waals surface area (Å²) in [5.74, 6) is 0.905. The van der Waals surface area contributed by atoms with Crippen molar-refractivity contribution in [2.75, 3.05) is 0 Å². The fourth-order valence-corrected chi connectivity index (χ4v) is 2.41. The zero-order valence-electron chi connectivity index (χ0n) is 10.6. The Morgan fingerprint density at radius 3 is 2.76 bits per heavy atom. The molecule has 0 spiro atoms. The standard InChI is InChI=1S/C15H22O2/c1-2-15(16)12-7-6-10-14(11-12)17-13-8-4-3-5-9-13/h6-7,10-11,13,15-16H,2-5,8-9H2,1H3. The van der Waals surface area contributed by atoms with Gasteiger partial charge in [0, 0.05) is 0 Å². The highest BCUT2D eigenvalue weighted by molar-refractivity contribution is 5.30. The predicted octanol–water partition coefficient (Wildman–Crippen LogP) is 3.84. The van der Waals surface area contributed by atoms with E-state index in [-0.39, 0.29) is 6.10 Å². The Morgan fingerprint density at radius 2 is 2.06 bits per heavy atom. The highest BCUT2D eigenvalue weighted by Crippen LogP contribution is 2.26. The lowest BCUT2D eigenvalue weighted by atomic mass is 9.98. The van der Waals surface area contributed by atoms with Crippen LogP contribution in [0, 0.1) is 0 Å². The van der Waals surface area contributed by atoms with Crippen molar-refractivity contribution in [2.45, 2.75) is 57.7 Å². The van der Waals surface area contributed by atoms with Gasteiger partial charge in [0.15, 0.2) is 0 Å². The van der Waals surface area contributed by atoms with Gasteiger partial charge in [-0.05, 0) is 49.8 Å². The van der Waals surface area contributed by atoms with Crippen LogP contribution in [0.5, 0.6) is 5.75 Å². The second-order valence-electron chi connectivity index (χ2n) is 4.87. The van der Waals surface area contributed by atoms with E-state index in [1.54, 1.807) is 0 Å². The molecular weight excluding hydrogens is 212 g/mol. The van der Waals surface area contributed by atoms with Crippen LogP contribution in [0.4, 0.5) is 0 Å². The molecule has 1 fully saturated rings. The Kier molecular flexibility index (Phi) is 4.43. The van der Waals surface area contributed by atoms with Crippen molar-refractivity contribution in [3.05, 3.63) is 29.8 Å². The number of aliphatic hydroxyl groups is 1. The smallest absolute Gasteiger partial charge is 0.120 e. The maximum Gasteiger partial charge on any atom is 0.120 e. The summed E-state index contributed by atoms with van der Waals surface area (Å²) < 4.78 is 5.98. The molecule has 1 atom stereocenters. The number of hydrogen-bond acceptors (Lipinski definition) is 2. The first kappa shape index (κ1) is 12.4. The van der Waals surface area contributed by atoms with Crippen LogP contribution in [0.1, 0.15) is 57.1 Å². The first-order chi connectivity index (χ1) is 8.29. The molecule has 1 aromatic rings. The zero-order chi connectivity index (χ0) is 12.1. The van der Waals surface area contributed by atoms with Crippen LogP contribution < -0.4 is 4.74 Å². The van der Waals surface area contributed by atoms with Crippen molar-refractivity contribution < 1.29 is 9.84 Å². The number of rotatable bonds is 4. The van der Waals surface area contributed by atoms with E-state index >= 15 is 0 Å². The van der Waals surface area contributed by atoms with Crippen LogP contribution in [0.25, 0.3) is 0 Å². The monoisotopic (exact) mass is 234 g/mol. The van der Waals surface area contributed by atoms with Gasteiger partial charge in [-0.3, -0.25) is 0 Å². The van der Waals surface area contributed by atoms with Crippen molar-refractivity contribution >= 4 is 0 Å². The van der Waals surface area contributed by atoms with Crippen molar-refractivity contribution in [2.24, 2.45) is 0 Å². The molecule has 17 heavy (non-hydrogen) atoms. The first-order valence-electron chi connectivity index (χ1n) is 6.74. The fraction of sp³-hybridized carbons (Fsp3) is 0.600. The van der Waals surface area contributed by atoms with Gasteiger partial charge in [0.2, 0.25) is 0 Å². The van der Waals surface area contributed by atoms with Crippen LogP contribution in [-0.4, -0.2) is 11.2 Å². The molecule has 1 unspecified atom stereocenters. The molecule has 1 saturated carbocycles. The summed E-state index contributed by atoms with van der Waals surface area (Å²) in [6.45, 7) is 1.99. The van der Waals surface area contributed by atoms with E-state index < -0.39 is 0 Å². The lowest BCUT2D eigenvalue weighted by Crippen LogP contribution is -2.19. The second-order valence-corrected chi connectivity index (χ2v) is 4.87. The molecular formula is C15H22O2. The minimum Gasteiger partial charge on any atom is -0.490 e. The van der Waals surface area contributed by atoms with Crippen molar-refractivity contribution in [1.29, 1.82) is 0 Å². The number of ether oxygens (including phenoxy) is 1. The molecule has 1 N–H and O–H groups in total. The minimum absolute atomic E-state index is 0.370. The average Bonchev–Trinajstić information content (AvgIpc) is 2.39. The maximum absolute atomic E-state index is 9.80. The third-order valence-electron chi connectivity index (χ3n) is 3.48. The van der Waals surface area contributed by atoms with Crippen molar-refractivity contribution in [3.63, 3.8) is 0 Å². The van der Waals surface area contributed by atoms with Crippen molar-refractivity contribution in [1.82, 2.24) is 0 Å². The molecule has 94 valence electrons. The van der Waals surface area contributed by atoms with E-state index in [4.69, 9.17) is 4.74 Å². The highest BCUT2D eigenvalue weighted by atomic mass is 16.5. The van der Waals surface area contributed by atoms with E-state index in [0.29, 0.717) is 6.10 Å². The topological polar surface area (TPSA) is 29.5 Å². The molecule has 0 heterocycles. The second kappa shape index (κ2) is 6.06. The Balaban J connectivity index is 2.00. The molecule has 0 amide bonds. The summed E-state index contributed by atoms with van der Waals surface area (Å²) in [5, 5.41) is 9.80. The molecule has 2 rings (SSSR count). The van der Waals surface area contributed by atoms with Gasteiger partial charge in [0.1, 0.15) is 5.75 Å². The molecule has 0 radical (unpaired) electrons. The third kappa shape index (κ3) is 3.47. The molecule has 0 aliphatic heterocycles. The van der Waals surface area contributed by atoms with Crippen LogP contribution in [0.3, 0.4) is 0 Å². The average molecular weight is 234 g/mol. The Labute approximate surface area is 104 Å². The van der Waals surface area contributed by atoms with E-state index in [9.17, 15) is 5.11 Å². The number of benzene rings is 1. The molecule has 2 heteroatoms. The van der Waals surface area contributed by atoms with Gasteiger partial charge in [-0.2, -0.15) is 0 Å². The maximum atomic E-state index is 9.80. The molecule has 1 aliphatic carbocycles.